The quantitative estimate of drug-likeness (QED) is 0.627. The van der Waals surface area contributed by atoms with Crippen LogP contribution in [0.2, 0.25) is 0 Å². The van der Waals surface area contributed by atoms with E-state index < -0.39 is 6.16 Å². The molecule has 0 bridgehead atoms. The minimum absolute atomic E-state index is 0.727. The SMILES string of the molecule is CCN(C)N(C)OC(=O)ONN(C)C. The van der Waals surface area contributed by atoms with Crippen LogP contribution in [0.3, 0.4) is 0 Å². The molecular formula is C7H18N4O3. The van der Waals surface area contributed by atoms with E-state index in [0.717, 1.165) is 6.54 Å². The molecule has 0 fully saturated rings. The number of carbonyl (C=O) groups excluding carboxylic acids is 1. The Hall–Kier alpha value is -0.890. The second-order valence-corrected chi connectivity index (χ2v) is 2.87. The topological polar surface area (TPSA) is 57.3 Å². The van der Waals surface area contributed by atoms with Crippen LogP contribution in [0.4, 0.5) is 4.79 Å². The maximum Gasteiger partial charge on any atom is 0.550 e. The first-order chi connectivity index (χ1) is 6.47. The van der Waals surface area contributed by atoms with E-state index in [4.69, 9.17) is 4.84 Å². The molecule has 84 valence electrons. The highest BCUT2D eigenvalue weighted by Crippen LogP contribution is 1.93. The molecular weight excluding hydrogens is 188 g/mol. The predicted molar refractivity (Wildman–Crippen MR) is 50.5 cm³/mol. The summed E-state index contributed by atoms with van der Waals surface area (Å²) in [7, 11) is 6.78. The monoisotopic (exact) mass is 206 g/mol. The highest BCUT2D eigenvalue weighted by Gasteiger charge is 2.12. The molecule has 0 aliphatic heterocycles. The van der Waals surface area contributed by atoms with Gasteiger partial charge in [0.1, 0.15) is 0 Å². The van der Waals surface area contributed by atoms with Gasteiger partial charge in [0.25, 0.3) is 0 Å². The normalized spacial score (nSPS) is 11.1. The minimum Gasteiger partial charge on any atom is -0.321 e. The van der Waals surface area contributed by atoms with Gasteiger partial charge in [0.05, 0.1) is 0 Å². The first-order valence-electron chi connectivity index (χ1n) is 4.23. The Morgan fingerprint density at radius 3 is 2.29 bits per heavy atom. The number of rotatable bonds is 5. The Bertz CT molecular complexity index is 176. The van der Waals surface area contributed by atoms with Crippen molar-refractivity contribution in [1.82, 2.24) is 20.8 Å². The van der Waals surface area contributed by atoms with Gasteiger partial charge in [0.2, 0.25) is 0 Å². The van der Waals surface area contributed by atoms with Crippen LogP contribution in [-0.4, -0.2) is 56.1 Å². The maximum absolute atomic E-state index is 11.0. The maximum atomic E-state index is 11.0. The van der Waals surface area contributed by atoms with Crippen molar-refractivity contribution in [1.29, 1.82) is 0 Å². The lowest BCUT2D eigenvalue weighted by atomic mass is 10.7. The predicted octanol–water partition coefficient (Wildman–Crippen LogP) is -0.166. The molecule has 0 saturated heterocycles. The molecule has 0 rings (SSSR count). The molecule has 0 aromatic carbocycles. The zero-order chi connectivity index (χ0) is 11.1. The third-order valence-electron chi connectivity index (χ3n) is 1.46. The highest BCUT2D eigenvalue weighted by atomic mass is 16.9. The number of carbonyl (C=O) groups is 1. The summed E-state index contributed by atoms with van der Waals surface area (Å²) in [6.07, 6.45) is -0.818. The molecule has 7 nitrogen and oxygen atoms in total. The van der Waals surface area contributed by atoms with E-state index in [9.17, 15) is 4.79 Å². The van der Waals surface area contributed by atoms with Gasteiger partial charge in [-0.05, 0) is 0 Å². The standard InChI is InChI=1S/C7H18N4O3/c1-6-10(4)11(5)14-7(12)13-8-9(2)3/h8H,6H2,1-5H3. The first-order valence-corrected chi connectivity index (χ1v) is 4.23. The second kappa shape index (κ2) is 6.55. The van der Waals surface area contributed by atoms with E-state index in [2.05, 4.69) is 10.4 Å². The molecule has 1 N–H and O–H groups in total. The summed E-state index contributed by atoms with van der Waals surface area (Å²) in [5, 5.41) is 4.47. The van der Waals surface area contributed by atoms with Crippen LogP contribution in [0.25, 0.3) is 0 Å². The van der Waals surface area contributed by atoms with Crippen LogP contribution in [0.1, 0.15) is 6.92 Å². The summed E-state index contributed by atoms with van der Waals surface area (Å²) in [6.45, 7) is 2.66. The van der Waals surface area contributed by atoms with Crippen LogP contribution in [0.5, 0.6) is 0 Å². The number of hydrogen-bond donors (Lipinski definition) is 1. The van der Waals surface area contributed by atoms with Gasteiger partial charge >= 0.3 is 6.16 Å². The van der Waals surface area contributed by atoms with Crippen molar-refractivity contribution in [3.63, 3.8) is 0 Å². The Labute approximate surface area is 84.0 Å². The van der Waals surface area contributed by atoms with E-state index in [0.29, 0.717) is 0 Å². The van der Waals surface area contributed by atoms with Gasteiger partial charge in [-0.25, -0.2) is 10.0 Å². The van der Waals surface area contributed by atoms with Crippen LogP contribution in [-0.2, 0) is 9.68 Å². The fraction of sp³-hybridized carbons (Fsp3) is 0.857. The minimum atomic E-state index is -0.818. The summed E-state index contributed by atoms with van der Waals surface area (Å²) >= 11 is 0. The average molecular weight is 206 g/mol. The molecule has 0 aromatic heterocycles. The third kappa shape index (κ3) is 5.70. The summed E-state index contributed by atoms with van der Waals surface area (Å²) in [5.74, 6) is 0. The van der Waals surface area contributed by atoms with Crippen LogP contribution >= 0.6 is 0 Å². The summed E-state index contributed by atoms with van der Waals surface area (Å²) in [5.41, 5.74) is 2.32. The molecule has 0 spiro atoms. The smallest absolute Gasteiger partial charge is 0.321 e. The number of hydroxylamine groups is 1. The molecule has 0 amide bonds. The Morgan fingerprint density at radius 2 is 1.86 bits per heavy atom. The van der Waals surface area contributed by atoms with E-state index in [-0.39, 0.29) is 0 Å². The summed E-state index contributed by atoms with van der Waals surface area (Å²) < 4.78 is 0. The highest BCUT2D eigenvalue weighted by molar-refractivity contribution is 5.58. The zero-order valence-electron chi connectivity index (χ0n) is 9.27. The lowest BCUT2D eigenvalue weighted by Crippen LogP contribution is -2.40. The third-order valence-corrected chi connectivity index (χ3v) is 1.46. The van der Waals surface area contributed by atoms with E-state index in [1.54, 1.807) is 33.2 Å². The molecule has 14 heavy (non-hydrogen) atoms. The van der Waals surface area contributed by atoms with Crippen LogP contribution in [0.15, 0.2) is 0 Å². The number of nitrogens with one attached hydrogen (secondary N) is 1. The molecule has 0 atom stereocenters. The molecule has 0 saturated carbocycles. The first kappa shape index (κ1) is 13.1. The van der Waals surface area contributed by atoms with Crippen molar-refractivity contribution in [3.8, 4) is 0 Å². The number of hydrogen-bond acceptors (Lipinski definition) is 7. The van der Waals surface area contributed by atoms with Gasteiger partial charge in [0, 0.05) is 34.7 Å². The van der Waals surface area contributed by atoms with Crippen LogP contribution in [0, 0.1) is 0 Å². The van der Waals surface area contributed by atoms with Crippen molar-refractivity contribution >= 4 is 6.16 Å². The molecule has 0 aliphatic carbocycles. The largest absolute Gasteiger partial charge is 0.550 e. The van der Waals surface area contributed by atoms with Gasteiger partial charge in [-0.15, -0.1) is 0 Å². The van der Waals surface area contributed by atoms with Gasteiger partial charge in [-0.2, -0.15) is 4.79 Å². The van der Waals surface area contributed by atoms with Crippen molar-refractivity contribution in [2.24, 2.45) is 0 Å². The fourth-order valence-electron chi connectivity index (χ4n) is 0.524. The molecule has 0 aliphatic rings. The molecule has 0 radical (unpaired) electrons. The van der Waals surface area contributed by atoms with Crippen molar-refractivity contribution in [2.75, 3.05) is 34.7 Å². The lowest BCUT2D eigenvalue weighted by Gasteiger charge is -2.24. The van der Waals surface area contributed by atoms with Gasteiger partial charge < -0.3 is 9.68 Å². The van der Waals surface area contributed by atoms with Crippen LogP contribution < -0.4 is 5.59 Å². The Morgan fingerprint density at radius 1 is 1.29 bits per heavy atom. The molecule has 0 unspecified atom stereocenters. The number of nitrogens with zero attached hydrogens (tertiary/aromatic N) is 3. The Balaban J connectivity index is 3.71. The van der Waals surface area contributed by atoms with E-state index in [1.165, 1.54) is 10.2 Å². The number of hydrazine groups is 2. The summed E-state index contributed by atoms with van der Waals surface area (Å²) in [6, 6.07) is 0. The van der Waals surface area contributed by atoms with E-state index in [1.807, 2.05) is 6.92 Å². The van der Waals surface area contributed by atoms with E-state index >= 15 is 0 Å². The molecule has 0 heterocycles. The van der Waals surface area contributed by atoms with Gasteiger partial charge in [-0.3, -0.25) is 0 Å². The van der Waals surface area contributed by atoms with Crippen molar-refractivity contribution < 1.29 is 14.5 Å². The summed E-state index contributed by atoms with van der Waals surface area (Å²) in [4.78, 5) is 20.3. The van der Waals surface area contributed by atoms with Gasteiger partial charge in [0.15, 0.2) is 0 Å². The average Bonchev–Trinajstić information content (AvgIpc) is 2.13. The van der Waals surface area contributed by atoms with Crippen molar-refractivity contribution in [2.45, 2.75) is 6.92 Å². The van der Waals surface area contributed by atoms with Crippen molar-refractivity contribution in [3.05, 3.63) is 0 Å². The fourth-order valence-corrected chi connectivity index (χ4v) is 0.524. The molecule has 7 heteroatoms. The second-order valence-electron chi connectivity index (χ2n) is 2.87. The van der Waals surface area contributed by atoms with Gasteiger partial charge in [-0.1, -0.05) is 17.7 Å². The zero-order valence-corrected chi connectivity index (χ0v) is 9.27. The molecule has 0 aromatic rings. The Kier molecular flexibility index (Phi) is 6.13. The lowest BCUT2D eigenvalue weighted by molar-refractivity contribution is -0.235.